The molecule has 0 amide bonds. The van der Waals surface area contributed by atoms with Crippen LogP contribution >= 0.6 is 11.8 Å². The fourth-order valence-corrected chi connectivity index (χ4v) is 3.27. The van der Waals surface area contributed by atoms with E-state index in [4.69, 9.17) is 14.6 Å². The van der Waals surface area contributed by atoms with Crippen molar-refractivity contribution in [2.24, 2.45) is 5.92 Å². The first kappa shape index (κ1) is 10.7. The number of thioether (sulfide) groups is 1. The van der Waals surface area contributed by atoms with Crippen LogP contribution in [-0.2, 0) is 9.47 Å². The van der Waals surface area contributed by atoms with Crippen molar-refractivity contribution in [2.75, 3.05) is 24.7 Å². The van der Waals surface area contributed by atoms with Gasteiger partial charge in [-0.05, 0) is 30.3 Å². The number of hydrogen-bond acceptors (Lipinski definition) is 4. The summed E-state index contributed by atoms with van der Waals surface area (Å²) in [6.45, 7) is 0.852. The van der Waals surface area contributed by atoms with Crippen LogP contribution in [0, 0.1) is 5.92 Å². The van der Waals surface area contributed by atoms with Crippen LogP contribution in [-0.4, -0.2) is 42.2 Å². The lowest BCUT2D eigenvalue weighted by Gasteiger charge is -2.14. The molecule has 2 saturated heterocycles. The first-order valence-electron chi connectivity index (χ1n) is 5.34. The van der Waals surface area contributed by atoms with Crippen molar-refractivity contribution in [3.05, 3.63) is 0 Å². The van der Waals surface area contributed by atoms with E-state index in [9.17, 15) is 0 Å². The maximum absolute atomic E-state index is 8.76. The van der Waals surface area contributed by atoms with E-state index < -0.39 is 0 Å². The number of ether oxygens (including phenoxy) is 2. The summed E-state index contributed by atoms with van der Waals surface area (Å²) < 4.78 is 11.2. The van der Waals surface area contributed by atoms with E-state index in [-0.39, 0.29) is 19.0 Å². The van der Waals surface area contributed by atoms with Gasteiger partial charge in [0.2, 0.25) is 0 Å². The highest BCUT2D eigenvalue weighted by Gasteiger charge is 2.29. The Morgan fingerprint density at radius 2 is 2.36 bits per heavy atom. The molecule has 0 bridgehead atoms. The third-order valence-corrected chi connectivity index (χ3v) is 4.04. The van der Waals surface area contributed by atoms with Gasteiger partial charge in [0, 0.05) is 13.0 Å². The molecule has 0 aromatic carbocycles. The Hall–Kier alpha value is 0.230. The SMILES string of the molecule is OCCC1COC(CC2CCSC2)O1. The molecule has 2 heterocycles. The summed E-state index contributed by atoms with van der Waals surface area (Å²) in [5, 5.41) is 8.76. The van der Waals surface area contributed by atoms with Gasteiger partial charge in [0.25, 0.3) is 0 Å². The van der Waals surface area contributed by atoms with E-state index >= 15 is 0 Å². The molecule has 0 spiro atoms. The van der Waals surface area contributed by atoms with Crippen LogP contribution in [0.2, 0.25) is 0 Å². The number of rotatable bonds is 4. The van der Waals surface area contributed by atoms with Crippen molar-refractivity contribution in [3.63, 3.8) is 0 Å². The lowest BCUT2D eigenvalue weighted by Crippen LogP contribution is -2.16. The Labute approximate surface area is 89.2 Å². The summed E-state index contributed by atoms with van der Waals surface area (Å²) in [6.07, 6.45) is 3.16. The third-order valence-electron chi connectivity index (χ3n) is 2.81. The van der Waals surface area contributed by atoms with Crippen LogP contribution in [0.5, 0.6) is 0 Å². The molecule has 0 aliphatic carbocycles. The van der Waals surface area contributed by atoms with Crippen molar-refractivity contribution < 1.29 is 14.6 Å². The molecule has 0 aromatic rings. The molecule has 3 nitrogen and oxygen atoms in total. The predicted molar refractivity (Wildman–Crippen MR) is 56.4 cm³/mol. The summed E-state index contributed by atoms with van der Waals surface area (Å²) in [5.41, 5.74) is 0. The molecule has 1 N–H and O–H groups in total. The van der Waals surface area contributed by atoms with Crippen LogP contribution in [0.4, 0.5) is 0 Å². The van der Waals surface area contributed by atoms with Gasteiger partial charge in [0.15, 0.2) is 6.29 Å². The minimum atomic E-state index is -0.00440. The summed E-state index contributed by atoms with van der Waals surface area (Å²) in [7, 11) is 0. The molecular weight excluding hydrogens is 200 g/mol. The van der Waals surface area contributed by atoms with E-state index in [1.807, 2.05) is 11.8 Å². The fraction of sp³-hybridized carbons (Fsp3) is 1.00. The zero-order chi connectivity index (χ0) is 9.80. The average molecular weight is 218 g/mol. The maximum atomic E-state index is 8.76. The predicted octanol–water partition coefficient (Wildman–Crippen LogP) is 1.25. The van der Waals surface area contributed by atoms with Gasteiger partial charge in [-0.3, -0.25) is 0 Å². The van der Waals surface area contributed by atoms with Gasteiger partial charge in [0.05, 0.1) is 12.7 Å². The summed E-state index contributed by atoms with van der Waals surface area (Å²) >= 11 is 2.03. The standard InChI is InChI=1S/C10H18O3S/c11-3-1-9-6-12-10(13-9)5-8-2-4-14-7-8/h8-11H,1-7H2. The van der Waals surface area contributed by atoms with E-state index in [2.05, 4.69) is 0 Å². The monoisotopic (exact) mass is 218 g/mol. The second kappa shape index (κ2) is 5.35. The topological polar surface area (TPSA) is 38.7 Å². The Kier molecular flexibility index (Phi) is 4.10. The number of aliphatic hydroxyl groups excluding tert-OH is 1. The van der Waals surface area contributed by atoms with Crippen molar-refractivity contribution in [1.82, 2.24) is 0 Å². The minimum absolute atomic E-state index is 0.00440. The normalized spacial score (nSPS) is 37.9. The smallest absolute Gasteiger partial charge is 0.158 e. The highest BCUT2D eigenvalue weighted by atomic mass is 32.2. The molecule has 2 aliphatic rings. The molecule has 0 aromatic heterocycles. The Morgan fingerprint density at radius 3 is 3.07 bits per heavy atom. The summed E-state index contributed by atoms with van der Waals surface area (Å²) in [5.74, 6) is 3.32. The fourth-order valence-electron chi connectivity index (χ4n) is 1.97. The third kappa shape index (κ3) is 2.86. The zero-order valence-corrected chi connectivity index (χ0v) is 9.17. The Balaban J connectivity index is 1.67. The van der Waals surface area contributed by atoms with Gasteiger partial charge in [0.1, 0.15) is 0 Å². The van der Waals surface area contributed by atoms with Crippen LogP contribution in [0.25, 0.3) is 0 Å². The molecule has 4 heteroatoms. The number of hydrogen-bond donors (Lipinski definition) is 1. The Morgan fingerprint density at radius 1 is 1.43 bits per heavy atom. The molecule has 2 rings (SSSR count). The van der Waals surface area contributed by atoms with Crippen LogP contribution in [0.3, 0.4) is 0 Å². The second-order valence-corrected chi connectivity index (χ2v) is 5.15. The highest BCUT2D eigenvalue weighted by Crippen LogP contribution is 2.30. The van der Waals surface area contributed by atoms with Gasteiger partial charge in [-0.25, -0.2) is 0 Å². The van der Waals surface area contributed by atoms with Crippen molar-refractivity contribution >= 4 is 11.8 Å². The van der Waals surface area contributed by atoms with Crippen LogP contribution in [0.15, 0.2) is 0 Å². The van der Waals surface area contributed by atoms with Crippen LogP contribution in [0.1, 0.15) is 19.3 Å². The molecule has 82 valence electrons. The average Bonchev–Trinajstić information content (AvgIpc) is 2.79. The van der Waals surface area contributed by atoms with Gasteiger partial charge in [-0.1, -0.05) is 0 Å². The largest absolute Gasteiger partial charge is 0.396 e. The molecule has 3 atom stereocenters. The minimum Gasteiger partial charge on any atom is -0.396 e. The molecule has 2 fully saturated rings. The maximum Gasteiger partial charge on any atom is 0.158 e. The second-order valence-electron chi connectivity index (χ2n) is 4.00. The van der Waals surface area contributed by atoms with Crippen LogP contribution < -0.4 is 0 Å². The molecule has 14 heavy (non-hydrogen) atoms. The molecule has 0 radical (unpaired) electrons. The van der Waals surface area contributed by atoms with Crippen molar-refractivity contribution in [1.29, 1.82) is 0 Å². The zero-order valence-electron chi connectivity index (χ0n) is 8.35. The van der Waals surface area contributed by atoms with E-state index in [0.717, 1.165) is 12.3 Å². The molecule has 3 unspecified atom stereocenters. The highest BCUT2D eigenvalue weighted by molar-refractivity contribution is 7.99. The van der Waals surface area contributed by atoms with E-state index in [0.29, 0.717) is 13.0 Å². The van der Waals surface area contributed by atoms with Crippen molar-refractivity contribution in [3.8, 4) is 0 Å². The molecular formula is C10H18O3S. The molecule has 2 aliphatic heterocycles. The quantitative estimate of drug-likeness (QED) is 0.771. The van der Waals surface area contributed by atoms with Gasteiger partial charge in [-0.2, -0.15) is 11.8 Å². The van der Waals surface area contributed by atoms with Crippen molar-refractivity contribution in [2.45, 2.75) is 31.7 Å². The van der Waals surface area contributed by atoms with Gasteiger partial charge in [-0.15, -0.1) is 0 Å². The number of aliphatic hydroxyl groups is 1. The first-order valence-corrected chi connectivity index (χ1v) is 6.49. The lowest BCUT2D eigenvalue weighted by atomic mass is 10.1. The van der Waals surface area contributed by atoms with Gasteiger partial charge < -0.3 is 14.6 Å². The molecule has 0 saturated carbocycles. The lowest BCUT2D eigenvalue weighted by molar-refractivity contribution is -0.0718. The Bertz CT molecular complexity index is 171. The summed E-state index contributed by atoms with van der Waals surface area (Å²) in [4.78, 5) is 0. The first-order chi connectivity index (χ1) is 6.88. The van der Waals surface area contributed by atoms with E-state index in [1.165, 1.54) is 17.9 Å². The van der Waals surface area contributed by atoms with E-state index in [1.54, 1.807) is 0 Å². The summed E-state index contributed by atoms with van der Waals surface area (Å²) in [6, 6.07) is 0. The van der Waals surface area contributed by atoms with Gasteiger partial charge >= 0.3 is 0 Å².